The van der Waals surface area contributed by atoms with Crippen molar-refractivity contribution in [2.24, 2.45) is 21.8 Å². The van der Waals surface area contributed by atoms with Crippen LogP contribution in [0.15, 0.2) is 9.98 Å². The minimum Gasteiger partial charge on any atom is -0.261 e. The first-order valence-electron chi connectivity index (χ1n) is 3.36. The number of nitrogens with zero attached hydrogens (tertiary/aromatic N) is 2. The monoisotopic (exact) mass is 122 g/mol. The van der Waals surface area contributed by atoms with E-state index in [1.165, 1.54) is 0 Å². The summed E-state index contributed by atoms with van der Waals surface area (Å²) in [5.74, 6) is 1.32. The van der Waals surface area contributed by atoms with E-state index in [9.17, 15) is 0 Å². The third-order valence-electron chi connectivity index (χ3n) is 2.61. The van der Waals surface area contributed by atoms with Crippen molar-refractivity contribution in [3.63, 3.8) is 0 Å². The lowest BCUT2D eigenvalue weighted by Gasteiger charge is -1.96. The zero-order valence-electron chi connectivity index (χ0n) is 5.70. The van der Waals surface area contributed by atoms with Crippen molar-refractivity contribution in [3.8, 4) is 0 Å². The minimum absolute atomic E-state index is 0. The fraction of sp³-hybridized carbons (Fsp3) is 0.714. The molecule has 0 bridgehead atoms. The number of hydrogen-bond donors (Lipinski definition) is 0. The van der Waals surface area contributed by atoms with E-state index in [1.54, 1.807) is 12.4 Å². The maximum absolute atomic E-state index is 4.29. The molecule has 0 saturated heterocycles. The molecule has 1 aliphatic carbocycles. The van der Waals surface area contributed by atoms with E-state index < -0.39 is 0 Å². The molecule has 2 unspecified atom stereocenters. The second-order valence-corrected chi connectivity index (χ2v) is 2.92. The van der Waals surface area contributed by atoms with Gasteiger partial charge in [-0.15, -0.1) is 0 Å². The average molecular weight is 122 g/mol. The highest BCUT2D eigenvalue weighted by Crippen LogP contribution is 2.54. The molecule has 0 radical (unpaired) electrons. The highest BCUT2D eigenvalue weighted by Gasteiger charge is 2.60. The summed E-state index contributed by atoms with van der Waals surface area (Å²) in [7, 11) is 0. The van der Waals surface area contributed by atoms with Crippen molar-refractivity contribution >= 4 is 12.4 Å². The van der Waals surface area contributed by atoms with E-state index in [0.717, 1.165) is 0 Å². The van der Waals surface area contributed by atoms with Crippen LogP contribution >= 0.6 is 0 Å². The Kier molecular flexibility index (Phi) is 0.718. The molecule has 2 nitrogen and oxygen atoms in total. The van der Waals surface area contributed by atoms with E-state index in [-0.39, 0.29) is 5.66 Å². The van der Waals surface area contributed by atoms with E-state index in [4.69, 9.17) is 0 Å². The first-order chi connectivity index (χ1) is 4.27. The first kappa shape index (κ1) is 5.15. The highest BCUT2D eigenvalue weighted by molar-refractivity contribution is 6.18. The van der Waals surface area contributed by atoms with Crippen LogP contribution in [0.1, 0.15) is 13.8 Å². The molecule has 0 aromatic carbocycles. The normalized spacial score (nSPS) is 42.4. The topological polar surface area (TPSA) is 24.7 Å². The fourth-order valence-electron chi connectivity index (χ4n) is 1.54. The van der Waals surface area contributed by atoms with Crippen LogP contribution < -0.4 is 0 Å². The van der Waals surface area contributed by atoms with Crippen molar-refractivity contribution < 1.29 is 0 Å². The molecule has 48 valence electrons. The minimum atomic E-state index is 0. The summed E-state index contributed by atoms with van der Waals surface area (Å²) in [6, 6.07) is 0. The molecule has 2 rings (SSSR count). The Labute approximate surface area is 54.7 Å². The van der Waals surface area contributed by atoms with Gasteiger partial charge in [-0.1, -0.05) is 13.8 Å². The van der Waals surface area contributed by atoms with Crippen molar-refractivity contribution in [3.05, 3.63) is 0 Å². The Morgan fingerprint density at radius 1 is 1.11 bits per heavy atom. The molecular weight excluding hydrogens is 112 g/mol. The zero-order chi connectivity index (χ0) is 6.48. The predicted octanol–water partition coefficient (Wildman–Crippen LogP) is 1.12. The molecule has 2 atom stereocenters. The van der Waals surface area contributed by atoms with Gasteiger partial charge in [-0.25, -0.2) is 0 Å². The van der Waals surface area contributed by atoms with Crippen LogP contribution in [0, 0.1) is 11.8 Å². The summed E-state index contributed by atoms with van der Waals surface area (Å²) in [6.07, 6.45) is 3.61. The molecule has 0 amide bonds. The van der Waals surface area contributed by atoms with Crippen LogP contribution in [0.3, 0.4) is 0 Å². The Morgan fingerprint density at radius 2 is 1.56 bits per heavy atom. The number of rotatable bonds is 0. The molecule has 9 heavy (non-hydrogen) atoms. The molecular formula is C7H10N2. The summed E-state index contributed by atoms with van der Waals surface area (Å²) < 4.78 is 0. The third kappa shape index (κ3) is 0.419. The summed E-state index contributed by atoms with van der Waals surface area (Å²) in [5, 5.41) is 0. The third-order valence-corrected chi connectivity index (χ3v) is 2.61. The van der Waals surface area contributed by atoms with Gasteiger partial charge < -0.3 is 0 Å². The second-order valence-electron chi connectivity index (χ2n) is 2.92. The van der Waals surface area contributed by atoms with Crippen LogP contribution in [0.4, 0.5) is 0 Å². The standard InChI is InChI=1S/C7H10N2/c1-5-6(2)7(5)8-3-4-9-7/h3-6H,1-2H3. The van der Waals surface area contributed by atoms with Crippen molar-refractivity contribution in [1.29, 1.82) is 0 Å². The van der Waals surface area contributed by atoms with Crippen LogP contribution in [0.2, 0.25) is 0 Å². The highest BCUT2D eigenvalue weighted by atomic mass is 15.2. The summed E-state index contributed by atoms with van der Waals surface area (Å²) in [5.41, 5.74) is 0. The molecule has 0 aromatic rings. The van der Waals surface area contributed by atoms with Crippen LogP contribution in [-0.2, 0) is 0 Å². The van der Waals surface area contributed by atoms with E-state index in [1.807, 2.05) is 0 Å². The molecule has 0 N–H and O–H groups in total. The lowest BCUT2D eigenvalue weighted by Crippen LogP contribution is -2.00. The number of hydrogen-bond acceptors (Lipinski definition) is 2. The van der Waals surface area contributed by atoms with Gasteiger partial charge in [-0.2, -0.15) is 0 Å². The van der Waals surface area contributed by atoms with E-state index in [2.05, 4.69) is 23.8 Å². The Morgan fingerprint density at radius 3 is 1.78 bits per heavy atom. The van der Waals surface area contributed by atoms with E-state index >= 15 is 0 Å². The molecule has 0 aromatic heterocycles. The van der Waals surface area contributed by atoms with Crippen molar-refractivity contribution in [2.45, 2.75) is 19.5 Å². The van der Waals surface area contributed by atoms with Crippen LogP contribution in [0.5, 0.6) is 0 Å². The fourth-order valence-corrected chi connectivity index (χ4v) is 1.54. The lowest BCUT2D eigenvalue weighted by molar-refractivity contribution is 0.652. The largest absolute Gasteiger partial charge is 0.261 e. The number of aliphatic imine (C=N–C) groups is 2. The van der Waals surface area contributed by atoms with Crippen LogP contribution in [0.25, 0.3) is 0 Å². The van der Waals surface area contributed by atoms with Gasteiger partial charge in [0.05, 0.1) is 0 Å². The molecule has 2 heteroatoms. The lowest BCUT2D eigenvalue weighted by atomic mass is 10.4. The Hall–Kier alpha value is -0.660. The molecule has 1 spiro atoms. The maximum atomic E-state index is 4.29. The quantitative estimate of drug-likeness (QED) is 0.460. The van der Waals surface area contributed by atoms with Crippen molar-refractivity contribution in [2.75, 3.05) is 0 Å². The first-order valence-corrected chi connectivity index (χ1v) is 3.36. The SMILES string of the molecule is CC1C(C)C12N=CC=N2. The van der Waals surface area contributed by atoms with Gasteiger partial charge in [0.25, 0.3) is 0 Å². The Balaban J connectivity index is 2.31. The molecule has 2 aliphatic rings. The second kappa shape index (κ2) is 1.25. The van der Waals surface area contributed by atoms with E-state index in [0.29, 0.717) is 11.8 Å². The van der Waals surface area contributed by atoms with Crippen molar-refractivity contribution in [1.82, 2.24) is 0 Å². The predicted molar refractivity (Wildman–Crippen MR) is 38.0 cm³/mol. The zero-order valence-corrected chi connectivity index (χ0v) is 5.70. The van der Waals surface area contributed by atoms with Gasteiger partial charge in [0.2, 0.25) is 0 Å². The summed E-state index contributed by atoms with van der Waals surface area (Å²) in [4.78, 5) is 8.59. The summed E-state index contributed by atoms with van der Waals surface area (Å²) in [6.45, 7) is 4.40. The van der Waals surface area contributed by atoms with Gasteiger partial charge in [0, 0.05) is 24.3 Å². The van der Waals surface area contributed by atoms with Crippen LogP contribution in [-0.4, -0.2) is 18.1 Å². The molecule has 1 fully saturated rings. The van der Waals surface area contributed by atoms with Gasteiger partial charge >= 0.3 is 0 Å². The van der Waals surface area contributed by atoms with Gasteiger partial charge in [-0.05, 0) is 0 Å². The summed E-state index contributed by atoms with van der Waals surface area (Å²) >= 11 is 0. The molecule has 1 aliphatic heterocycles. The smallest absolute Gasteiger partial charge is 0.156 e. The maximum Gasteiger partial charge on any atom is 0.156 e. The van der Waals surface area contributed by atoms with Gasteiger partial charge in [0.15, 0.2) is 5.66 Å². The molecule has 1 heterocycles. The van der Waals surface area contributed by atoms with Gasteiger partial charge in [0.1, 0.15) is 0 Å². The van der Waals surface area contributed by atoms with Gasteiger partial charge in [-0.3, -0.25) is 9.98 Å². The molecule has 1 saturated carbocycles. The Bertz CT molecular complexity index is 171. The average Bonchev–Trinajstić information content (AvgIpc) is 2.44.